The molecule has 0 spiro atoms. The van der Waals surface area contributed by atoms with Crippen molar-refractivity contribution in [1.82, 2.24) is 0 Å². The van der Waals surface area contributed by atoms with Crippen molar-refractivity contribution in [2.75, 3.05) is 5.75 Å². The molecule has 1 aromatic rings. The quantitative estimate of drug-likeness (QED) is 0.733. The summed E-state index contributed by atoms with van der Waals surface area (Å²) in [6, 6.07) is 6.94. The first-order chi connectivity index (χ1) is 7.70. The molecule has 0 bridgehead atoms. The van der Waals surface area contributed by atoms with Gasteiger partial charge in [0.25, 0.3) is 0 Å². The molecule has 82 valence electrons. The number of hydrogen-bond donors (Lipinski definition) is 0. The molecule has 3 nitrogen and oxygen atoms in total. The summed E-state index contributed by atoms with van der Waals surface area (Å²) in [6.45, 7) is 1.95. The van der Waals surface area contributed by atoms with Crippen LogP contribution in [0.15, 0.2) is 24.3 Å². The van der Waals surface area contributed by atoms with Gasteiger partial charge in [0.2, 0.25) is 10.7 Å². The van der Waals surface area contributed by atoms with Crippen LogP contribution in [0.1, 0.15) is 27.6 Å². The Hall–Kier alpha value is -1.13. The highest BCUT2D eigenvalue weighted by atomic mass is 32.2. The minimum absolute atomic E-state index is 0.0560. The first-order valence-electron chi connectivity index (χ1n) is 5.20. The van der Waals surface area contributed by atoms with Gasteiger partial charge in [0, 0.05) is 11.1 Å². The van der Waals surface area contributed by atoms with Crippen molar-refractivity contribution >= 4 is 23.3 Å². The van der Waals surface area contributed by atoms with E-state index in [1.807, 2.05) is 6.92 Å². The summed E-state index contributed by atoms with van der Waals surface area (Å²) in [7, 11) is 0. The summed E-state index contributed by atoms with van der Waals surface area (Å²) in [5.41, 5.74) is 1.00. The van der Waals surface area contributed by atoms with E-state index >= 15 is 0 Å². The first-order valence-corrected chi connectivity index (χ1v) is 6.19. The summed E-state index contributed by atoms with van der Waals surface area (Å²) in [6.07, 6.45) is -0.556. The molecule has 16 heavy (non-hydrogen) atoms. The lowest BCUT2D eigenvalue weighted by molar-refractivity contribution is 0.0911. The Labute approximate surface area is 97.2 Å². The monoisotopic (exact) mass is 234 g/mol. The van der Waals surface area contributed by atoms with Crippen molar-refractivity contribution in [3.05, 3.63) is 35.4 Å². The van der Waals surface area contributed by atoms with Crippen LogP contribution in [0.2, 0.25) is 0 Å². The number of thioether (sulfide) groups is 1. The third kappa shape index (κ3) is 1.09. The van der Waals surface area contributed by atoms with Crippen molar-refractivity contribution in [1.29, 1.82) is 0 Å². The van der Waals surface area contributed by atoms with Crippen LogP contribution >= 0.6 is 11.8 Å². The zero-order valence-corrected chi connectivity index (χ0v) is 9.54. The Balaban J connectivity index is 2.12. The number of rotatable bonds is 2. The van der Waals surface area contributed by atoms with Gasteiger partial charge < -0.3 is 4.74 Å². The van der Waals surface area contributed by atoms with Crippen molar-refractivity contribution in [3.8, 4) is 0 Å². The molecule has 3 rings (SSSR count). The summed E-state index contributed by atoms with van der Waals surface area (Å²) in [4.78, 5) is 23.3. The predicted molar refractivity (Wildman–Crippen MR) is 60.8 cm³/mol. The number of epoxide rings is 1. The number of ether oxygens (including phenoxy) is 1. The van der Waals surface area contributed by atoms with Crippen molar-refractivity contribution in [3.63, 3.8) is 0 Å². The van der Waals surface area contributed by atoms with Gasteiger partial charge in [-0.3, -0.25) is 9.59 Å². The molecule has 1 aliphatic carbocycles. The number of carbonyl (C=O) groups excluding carboxylic acids is 2. The van der Waals surface area contributed by atoms with Gasteiger partial charge in [0.15, 0.2) is 11.9 Å². The highest BCUT2D eigenvalue weighted by Gasteiger charge is 2.69. The first kappa shape index (κ1) is 10.1. The van der Waals surface area contributed by atoms with Gasteiger partial charge in [-0.05, 0) is 5.75 Å². The van der Waals surface area contributed by atoms with E-state index in [-0.39, 0.29) is 11.6 Å². The lowest BCUT2D eigenvalue weighted by Crippen LogP contribution is -2.34. The maximum Gasteiger partial charge on any atom is 0.211 e. The van der Waals surface area contributed by atoms with Gasteiger partial charge in [-0.15, -0.1) is 11.8 Å². The Bertz CT molecular complexity index is 497. The lowest BCUT2D eigenvalue weighted by Gasteiger charge is -2.17. The Morgan fingerprint density at radius 1 is 1.31 bits per heavy atom. The number of Topliss-reactive ketones (excluding diaryl/α,β-unsaturated/α-hetero) is 2. The van der Waals surface area contributed by atoms with Crippen LogP contribution in [0, 0.1) is 0 Å². The molecular weight excluding hydrogens is 224 g/mol. The van der Waals surface area contributed by atoms with Crippen molar-refractivity contribution in [2.24, 2.45) is 0 Å². The summed E-state index contributed by atoms with van der Waals surface area (Å²) >= 11 is 1.41. The molecule has 1 aliphatic heterocycles. The smallest absolute Gasteiger partial charge is 0.211 e. The highest BCUT2D eigenvalue weighted by molar-refractivity contribution is 8.01. The van der Waals surface area contributed by atoms with E-state index in [1.54, 1.807) is 24.3 Å². The van der Waals surface area contributed by atoms with Crippen LogP contribution in [-0.2, 0) is 4.74 Å². The molecule has 1 aromatic carbocycles. The molecule has 1 heterocycles. The SMILES string of the molecule is CCSC12OC1C(=O)c1ccccc1C2=O. The van der Waals surface area contributed by atoms with Crippen LogP contribution in [-0.4, -0.2) is 28.4 Å². The summed E-state index contributed by atoms with van der Waals surface area (Å²) in [5.74, 6) is 0.647. The van der Waals surface area contributed by atoms with E-state index in [0.717, 1.165) is 5.75 Å². The fourth-order valence-corrected chi connectivity index (χ4v) is 3.25. The van der Waals surface area contributed by atoms with Gasteiger partial charge in [0.1, 0.15) is 0 Å². The van der Waals surface area contributed by atoms with E-state index in [1.165, 1.54) is 11.8 Å². The number of fused-ring (bicyclic) bond motifs is 2. The fraction of sp³-hybridized carbons (Fsp3) is 0.333. The van der Waals surface area contributed by atoms with Gasteiger partial charge in [-0.1, -0.05) is 31.2 Å². The molecule has 0 amide bonds. The number of hydrogen-bond acceptors (Lipinski definition) is 4. The van der Waals surface area contributed by atoms with Crippen LogP contribution < -0.4 is 0 Å². The standard InChI is InChI=1S/C12H10O3S/c1-2-16-12-10(14)8-6-4-3-5-7(8)9(13)11(12)15-12/h3-6,11H,2H2,1H3. The topological polar surface area (TPSA) is 46.7 Å². The van der Waals surface area contributed by atoms with E-state index in [2.05, 4.69) is 0 Å². The Morgan fingerprint density at radius 2 is 2.00 bits per heavy atom. The summed E-state index contributed by atoms with van der Waals surface area (Å²) in [5, 5.41) is 0. The third-order valence-corrected chi connectivity index (χ3v) is 4.14. The van der Waals surface area contributed by atoms with E-state index in [0.29, 0.717) is 11.1 Å². The van der Waals surface area contributed by atoms with Crippen LogP contribution in [0.5, 0.6) is 0 Å². The molecule has 0 radical (unpaired) electrons. The second-order valence-corrected chi connectivity index (χ2v) is 5.31. The van der Waals surface area contributed by atoms with Gasteiger partial charge >= 0.3 is 0 Å². The number of carbonyl (C=O) groups is 2. The Kier molecular flexibility index (Phi) is 2.00. The number of benzene rings is 1. The highest BCUT2D eigenvalue weighted by Crippen LogP contribution is 2.53. The molecule has 2 unspecified atom stereocenters. The lowest BCUT2D eigenvalue weighted by atomic mass is 9.89. The fourth-order valence-electron chi connectivity index (χ4n) is 2.15. The Morgan fingerprint density at radius 3 is 2.69 bits per heavy atom. The minimum Gasteiger partial charge on any atom is -0.337 e. The van der Waals surface area contributed by atoms with Gasteiger partial charge in [0.05, 0.1) is 0 Å². The third-order valence-electron chi connectivity index (χ3n) is 2.93. The number of ketones is 2. The molecule has 1 saturated heterocycles. The molecular formula is C12H10O3S. The molecule has 2 atom stereocenters. The van der Waals surface area contributed by atoms with Crippen LogP contribution in [0.25, 0.3) is 0 Å². The molecule has 4 heteroatoms. The average Bonchev–Trinajstić information content (AvgIpc) is 3.03. The van der Waals surface area contributed by atoms with E-state index < -0.39 is 11.0 Å². The largest absolute Gasteiger partial charge is 0.337 e. The molecule has 0 saturated carbocycles. The molecule has 1 fully saturated rings. The van der Waals surface area contributed by atoms with Crippen LogP contribution in [0.3, 0.4) is 0 Å². The van der Waals surface area contributed by atoms with E-state index in [9.17, 15) is 9.59 Å². The molecule has 2 aliphatic rings. The maximum atomic E-state index is 12.2. The van der Waals surface area contributed by atoms with Gasteiger partial charge in [-0.2, -0.15) is 0 Å². The van der Waals surface area contributed by atoms with Crippen molar-refractivity contribution < 1.29 is 14.3 Å². The maximum absolute atomic E-state index is 12.2. The molecule has 0 N–H and O–H groups in total. The minimum atomic E-state index is -0.903. The second-order valence-electron chi connectivity index (χ2n) is 3.84. The van der Waals surface area contributed by atoms with Gasteiger partial charge in [-0.25, -0.2) is 0 Å². The van der Waals surface area contributed by atoms with Crippen LogP contribution in [0.4, 0.5) is 0 Å². The zero-order valence-electron chi connectivity index (χ0n) is 8.73. The second kappa shape index (κ2) is 3.18. The normalized spacial score (nSPS) is 30.9. The average molecular weight is 234 g/mol. The molecule has 0 aromatic heterocycles. The van der Waals surface area contributed by atoms with E-state index in [4.69, 9.17) is 4.74 Å². The zero-order chi connectivity index (χ0) is 11.3. The van der Waals surface area contributed by atoms with Crippen molar-refractivity contribution in [2.45, 2.75) is 18.0 Å². The summed E-state index contributed by atoms with van der Waals surface area (Å²) < 4.78 is 5.38. The predicted octanol–water partition coefficient (Wildman–Crippen LogP) is 1.91.